The molecule has 0 spiro atoms. The molecule has 0 bridgehead atoms. The normalized spacial score (nSPS) is 14.8. The Morgan fingerprint density at radius 1 is 1.07 bits per heavy atom. The second-order valence-corrected chi connectivity index (χ2v) is 6.74. The SMILES string of the molecule is CC(O)C(N)C(=O)NCC(=O)NC(CS)C(=O)NC(Cc1ccccc1)C(=O)O. The number of nitrogens with one attached hydrogen (secondary N) is 3. The Kier molecular flexibility index (Phi) is 10.1. The number of hydrogen-bond donors (Lipinski definition) is 7. The average molecular weight is 426 g/mol. The number of aliphatic hydroxyl groups is 1. The number of aliphatic hydroxyl groups excluding tert-OH is 1. The van der Waals surface area contributed by atoms with Crippen LogP contribution in [0.4, 0.5) is 0 Å². The molecule has 7 N–H and O–H groups in total. The van der Waals surface area contributed by atoms with Gasteiger partial charge in [0.05, 0.1) is 12.6 Å². The molecule has 4 unspecified atom stereocenters. The lowest BCUT2D eigenvalue weighted by molar-refractivity contribution is -0.142. The van der Waals surface area contributed by atoms with Crippen LogP contribution in [0.25, 0.3) is 0 Å². The highest BCUT2D eigenvalue weighted by Gasteiger charge is 2.26. The molecule has 29 heavy (non-hydrogen) atoms. The van der Waals surface area contributed by atoms with Crippen LogP contribution in [-0.4, -0.2) is 70.4 Å². The largest absolute Gasteiger partial charge is 0.480 e. The molecule has 1 aromatic rings. The van der Waals surface area contributed by atoms with Crippen molar-refractivity contribution in [1.82, 2.24) is 16.0 Å². The predicted octanol–water partition coefficient (Wildman–Crippen LogP) is -1.96. The number of carboxylic acid groups (broad SMARTS) is 1. The Balaban J connectivity index is 2.61. The molecule has 0 saturated carbocycles. The van der Waals surface area contributed by atoms with Crippen molar-refractivity contribution in [3.8, 4) is 0 Å². The molecule has 0 aliphatic heterocycles. The number of carbonyl (C=O) groups is 4. The lowest BCUT2D eigenvalue weighted by Gasteiger charge is -2.21. The molecule has 4 atom stereocenters. The molecule has 0 saturated heterocycles. The van der Waals surface area contributed by atoms with Crippen LogP contribution in [0, 0.1) is 0 Å². The number of hydrogen-bond acceptors (Lipinski definition) is 7. The first kappa shape index (κ1) is 24.4. The smallest absolute Gasteiger partial charge is 0.326 e. The number of thiol groups is 1. The van der Waals surface area contributed by atoms with Crippen LogP contribution in [0.2, 0.25) is 0 Å². The molecule has 11 heteroatoms. The number of benzene rings is 1. The van der Waals surface area contributed by atoms with Gasteiger partial charge in [-0.25, -0.2) is 4.79 Å². The molecule has 1 aromatic carbocycles. The van der Waals surface area contributed by atoms with Crippen LogP contribution in [0.5, 0.6) is 0 Å². The van der Waals surface area contributed by atoms with Crippen LogP contribution in [-0.2, 0) is 25.6 Å². The fourth-order valence-electron chi connectivity index (χ4n) is 2.27. The van der Waals surface area contributed by atoms with E-state index in [0.717, 1.165) is 5.56 Å². The van der Waals surface area contributed by atoms with Gasteiger partial charge in [-0.3, -0.25) is 14.4 Å². The minimum atomic E-state index is -1.22. The maximum atomic E-state index is 12.4. The van der Waals surface area contributed by atoms with Crippen molar-refractivity contribution < 1.29 is 29.4 Å². The highest BCUT2D eigenvalue weighted by atomic mass is 32.1. The van der Waals surface area contributed by atoms with Gasteiger partial charge in [-0.1, -0.05) is 30.3 Å². The Hall–Kier alpha value is -2.63. The van der Waals surface area contributed by atoms with Crippen LogP contribution >= 0.6 is 12.6 Å². The lowest BCUT2D eigenvalue weighted by Crippen LogP contribution is -2.55. The van der Waals surface area contributed by atoms with Crippen molar-refractivity contribution in [2.24, 2.45) is 5.73 Å². The number of carboxylic acids is 1. The molecule has 0 aliphatic rings. The Bertz CT molecular complexity index is 716. The van der Waals surface area contributed by atoms with Crippen LogP contribution in [0.1, 0.15) is 12.5 Å². The number of aliphatic carboxylic acids is 1. The minimum Gasteiger partial charge on any atom is -0.480 e. The average Bonchev–Trinajstić information content (AvgIpc) is 2.69. The highest BCUT2D eigenvalue weighted by Crippen LogP contribution is 2.04. The standard InChI is InChI=1S/C18H26N4O6S/c1-10(23)15(19)17(26)20-8-14(24)21-13(9-29)16(25)22-12(18(27)28)7-11-5-3-2-4-6-11/h2-6,10,12-13,15,23,29H,7-9,19H2,1H3,(H,20,26)(H,21,24)(H,22,25)(H,27,28). The Morgan fingerprint density at radius 2 is 1.69 bits per heavy atom. The summed E-state index contributed by atoms with van der Waals surface area (Å²) in [5, 5.41) is 25.6. The third-order valence-electron chi connectivity index (χ3n) is 3.98. The van der Waals surface area contributed by atoms with Gasteiger partial charge < -0.3 is 31.9 Å². The Morgan fingerprint density at radius 3 is 2.21 bits per heavy atom. The number of rotatable bonds is 11. The monoisotopic (exact) mass is 426 g/mol. The molecule has 0 heterocycles. The second-order valence-electron chi connectivity index (χ2n) is 6.38. The van der Waals surface area contributed by atoms with E-state index in [1.165, 1.54) is 6.92 Å². The zero-order valence-electron chi connectivity index (χ0n) is 15.9. The molecule has 0 aromatic heterocycles. The van der Waals surface area contributed by atoms with Crippen LogP contribution in [0.3, 0.4) is 0 Å². The van der Waals surface area contributed by atoms with Crippen molar-refractivity contribution in [2.45, 2.75) is 37.6 Å². The number of amides is 3. The van der Waals surface area contributed by atoms with E-state index < -0.39 is 54.5 Å². The quantitative estimate of drug-likeness (QED) is 0.201. The minimum absolute atomic E-state index is 0.0719. The fraction of sp³-hybridized carbons (Fsp3) is 0.444. The molecule has 0 radical (unpaired) electrons. The zero-order valence-corrected chi connectivity index (χ0v) is 16.8. The van der Waals surface area contributed by atoms with E-state index in [4.69, 9.17) is 5.73 Å². The van der Waals surface area contributed by atoms with Gasteiger partial charge in [-0.05, 0) is 12.5 Å². The summed E-state index contributed by atoms with van der Waals surface area (Å²) in [5.74, 6) is -3.44. The molecular weight excluding hydrogens is 400 g/mol. The van der Waals surface area contributed by atoms with Crippen molar-refractivity contribution in [3.05, 3.63) is 35.9 Å². The van der Waals surface area contributed by atoms with Gasteiger partial charge >= 0.3 is 5.97 Å². The van der Waals surface area contributed by atoms with Gasteiger partial charge in [0, 0.05) is 12.2 Å². The lowest BCUT2D eigenvalue weighted by atomic mass is 10.1. The summed E-state index contributed by atoms with van der Waals surface area (Å²) in [4.78, 5) is 47.4. The first-order chi connectivity index (χ1) is 13.6. The fourth-order valence-corrected chi connectivity index (χ4v) is 2.52. The maximum absolute atomic E-state index is 12.4. The second kappa shape index (κ2) is 12.0. The van der Waals surface area contributed by atoms with Crippen LogP contribution < -0.4 is 21.7 Å². The summed E-state index contributed by atoms with van der Waals surface area (Å²) >= 11 is 4.01. The molecule has 160 valence electrons. The summed E-state index contributed by atoms with van der Waals surface area (Å²) in [6, 6.07) is 5.29. The van der Waals surface area contributed by atoms with Gasteiger partial charge in [0.15, 0.2) is 0 Å². The summed E-state index contributed by atoms with van der Waals surface area (Å²) in [5.41, 5.74) is 6.17. The Labute approximate surface area is 173 Å². The van der Waals surface area contributed by atoms with E-state index in [1.54, 1.807) is 30.3 Å². The van der Waals surface area contributed by atoms with Crippen LogP contribution in [0.15, 0.2) is 30.3 Å². The van der Waals surface area contributed by atoms with Gasteiger partial charge in [0.1, 0.15) is 18.1 Å². The van der Waals surface area contributed by atoms with Crippen molar-refractivity contribution in [1.29, 1.82) is 0 Å². The topological polar surface area (TPSA) is 171 Å². The van der Waals surface area contributed by atoms with E-state index in [9.17, 15) is 29.4 Å². The van der Waals surface area contributed by atoms with E-state index in [0.29, 0.717) is 0 Å². The number of nitrogens with two attached hydrogens (primary N) is 1. The van der Waals surface area contributed by atoms with Crippen molar-refractivity contribution in [3.63, 3.8) is 0 Å². The van der Waals surface area contributed by atoms with Crippen molar-refractivity contribution >= 4 is 36.3 Å². The van der Waals surface area contributed by atoms with E-state index in [-0.39, 0.29) is 12.2 Å². The van der Waals surface area contributed by atoms with E-state index >= 15 is 0 Å². The molecular formula is C18H26N4O6S. The van der Waals surface area contributed by atoms with Gasteiger partial charge in [-0.2, -0.15) is 12.6 Å². The number of carbonyl (C=O) groups excluding carboxylic acids is 3. The molecule has 10 nitrogen and oxygen atoms in total. The molecule has 1 rings (SSSR count). The first-order valence-corrected chi connectivity index (χ1v) is 9.47. The van der Waals surface area contributed by atoms with E-state index in [2.05, 4.69) is 28.6 Å². The third-order valence-corrected chi connectivity index (χ3v) is 4.34. The molecule has 0 aliphatic carbocycles. The summed E-state index contributed by atoms with van der Waals surface area (Å²) < 4.78 is 0. The molecule has 0 fully saturated rings. The summed E-state index contributed by atoms with van der Waals surface area (Å²) in [7, 11) is 0. The predicted molar refractivity (Wildman–Crippen MR) is 108 cm³/mol. The summed E-state index contributed by atoms with van der Waals surface area (Å²) in [6.45, 7) is 0.864. The van der Waals surface area contributed by atoms with Crippen molar-refractivity contribution in [2.75, 3.05) is 12.3 Å². The van der Waals surface area contributed by atoms with E-state index in [1.807, 2.05) is 0 Å². The highest BCUT2D eigenvalue weighted by molar-refractivity contribution is 7.80. The zero-order chi connectivity index (χ0) is 22.0. The van der Waals surface area contributed by atoms with Gasteiger partial charge in [0.2, 0.25) is 17.7 Å². The van der Waals surface area contributed by atoms with Gasteiger partial charge in [0.25, 0.3) is 0 Å². The maximum Gasteiger partial charge on any atom is 0.326 e. The molecule has 3 amide bonds. The van der Waals surface area contributed by atoms with Gasteiger partial charge in [-0.15, -0.1) is 0 Å². The first-order valence-electron chi connectivity index (χ1n) is 8.84. The summed E-state index contributed by atoms with van der Waals surface area (Å²) in [6.07, 6.45) is -1.02. The third kappa shape index (κ3) is 8.50.